The van der Waals surface area contributed by atoms with Gasteiger partial charge in [0.15, 0.2) is 11.5 Å². The van der Waals surface area contributed by atoms with Crippen molar-refractivity contribution in [3.63, 3.8) is 0 Å². The van der Waals surface area contributed by atoms with Crippen LogP contribution in [0, 0.1) is 5.92 Å². The van der Waals surface area contributed by atoms with Crippen molar-refractivity contribution in [1.29, 1.82) is 0 Å². The Morgan fingerprint density at radius 1 is 1.09 bits per heavy atom. The predicted molar refractivity (Wildman–Crippen MR) is 91.0 cm³/mol. The van der Waals surface area contributed by atoms with E-state index in [1.165, 1.54) is 5.56 Å². The van der Waals surface area contributed by atoms with E-state index < -0.39 is 0 Å². The zero-order chi connectivity index (χ0) is 15.6. The highest BCUT2D eigenvalue weighted by atomic mass is 79.9. The van der Waals surface area contributed by atoms with Gasteiger partial charge in [-0.15, -0.1) is 0 Å². The van der Waals surface area contributed by atoms with Crippen LogP contribution in [-0.2, 0) is 4.74 Å². The molecule has 1 atom stereocenters. The molecule has 0 bridgehead atoms. The molecule has 0 unspecified atom stereocenters. The second-order valence-corrected chi connectivity index (χ2v) is 7.26. The molecule has 23 heavy (non-hydrogen) atoms. The van der Waals surface area contributed by atoms with Crippen molar-refractivity contribution in [1.82, 2.24) is 10.2 Å². The summed E-state index contributed by atoms with van der Waals surface area (Å²) >= 11 is 3.77. The molecule has 1 aromatic carbocycles. The molecule has 5 nitrogen and oxygen atoms in total. The van der Waals surface area contributed by atoms with Crippen LogP contribution in [0.3, 0.4) is 0 Å². The van der Waals surface area contributed by atoms with E-state index in [4.69, 9.17) is 14.2 Å². The van der Waals surface area contributed by atoms with Gasteiger partial charge in [0.05, 0.1) is 0 Å². The maximum Gasteiger partial charge on any atom is 0.231 e. The molecule has 1 aromatic rings. The summed E-state index contributed by atoms with van der Waals surface area (Å²) in [5.74, 6) is 2.33. The maximum atomic E-state index is 5.62. The van der Waals surface area contributed by atoms with E-state index in [0.717, 1.165) is 68.2 Å². The SMILES string of the molecule is Brc1cc2c(cc1[C@@H](C1CCOCC1)N1CCNCC1)OCO2. The Labute approximate surface area is 145 Å². The summed E-state index contributed by atoms with van der Waals surface area (Å²) in [7, 11) is 0. The van der Waals surface area contributed by atoms with Gasteiger partial charge in [-0.2, -0.15) is 0 Å². The number of nitrogens with zero attached hydrogens (tertiary/aromatic N) is 1. The van der Waals surface area contributed by atoms with Crippen molar-refractivity contribution >= 4 is 15.9 Å². The van der Waals surface area contributed by atoms with Crippen molar-refractivity contribution in [2.45, 2.75) is 18.9 Å². The molecule has 1 N–H and O–H groups in total. The van der Waals surface area contributed by atoms with Gasteiger partial charge in [0, 0.05) is 49.9 Å². The van der Waals surface area contributed by atoms with Crippen LogP contribution in [-0.4, -0.2) is 51.1 Å². The lowest BCUT2D eigenvalue weighted by Crippen LogP contribution is -2.47. The van der Waals surface area contributed by atoms with Crippen molar-refractivity contribution in [2.75, 3.05) is 46.2 Å². The Kier molecular flexibility index (Phi) is 4.76. The third-order valence-corrected chi connectivity index (χ3v) is 5.75. The van der Waals surface area contributed by atoms with E-state index in [2.05, 4.69) is 38.3 Å². The topological polar surface area (TPSA) is 43.0 Å². The van der Waals surface area contributed by atoms with Crippen molar-refractivity contribution in [2.24, 2.45) is 5.92 Å². The van der Waals surface area contributed by atoms with Crippen molar-refractivity contribution in [3.8, 4) is 11.5 Å². The van der Waals surface area contributed by atoms with Gasteiger partial charge in [-0.3, -0.25) is 4.90 Å². The predicted octanol–water partition coefficient (Wildman–Crippen LogP) is 2.55. The van der Waals surface area contributed by atoms with Crippen LogP contribution in [0.15, 0.2) is 16.6 Å². The third-order valence-electron chi connectivity index (χ3n) is 5.07. The monoisotopic (exact) mass is 382 g/mol. The second-order valence-electron chi connectivity index (χ2n) is 6.41. The number of hydrogen-bond donors (Lipinski definition) is 1. The molecule has 126 valence electrons. The van der Waals surface area contributed by atoms with Gasteiger partial charge in [0.1, 0.15) is 0 Å². The first-order chi connectivity index (χ1) is 11.3. The third kappa shape index (κ3) is 3.22. The lowest BCUT2D eigenvalue weighted by molar-refractivity contribution is 0.0210. The van der Waals surface area contributed by atoms with Crippen LogP contribution < -0.4 is 14.8 Å². The first-order valence-electron chi connectivity index (χ1n) is 8.44. The zero-order valence-electron chi connectivity index (χ0n) is 13.2. The number of piperazine rings is 1. The van der Waals surface area contributed by atoms with E-state index in [1.54, 1.807) is 0 Å². The van der Waals surface area contributed by atoms with Gasteiger partial charge in [-0.05, 0) is 36.5 Å². The van der Waals surface area contributed by atoms with Gasteiger partial charge in [-0.1, -0.05) is 15.9 Å². The Morgan fingerprint density at radius 2 is 1.78 bits per heavy atom. The van der Waals surface area contributed by atoms with E-state index in [1.807, 2.05) is 0 Å². The van der Waals surface area contributed by atoms with E-state index in [0.29, 0.717) is 18.8 Å². The average molecular weight is 383 g/mol. The molecule has 0 aliphatic carbocycles. The normalized spacial score (nSPS) is 23.9. The van der Waals surface area contributed by atoms with Crippen LogP contribution in [0.4, 0.5) is 0 Å². The second kappa shape index (κ2) is 6.97. The number of halogens is 1. The molecular formula is C17H23BrN2O3. The minimum atomic E-state index is 0.320. The fourth-order valence-electron chi connectivity index (χ4n) is 3.90. The summed E-state index contributed by atoms with van der Waals surface area (Å²) in [5, 5.41) is 3.46. The number of nitrogens with one attached hydrogen (secondary N) is 1. The average Bonchev–Trinajstić information content (AvgIpc) is 3.04. The summed E-state index contributed by atoms with van der Waals surface area (Å²) < 4.78 is 17.8. The molecule has 0 saturated carbocycles. The molecule has 0 aromatic heterocycles. The quantitative estimate of drug-likeness (QED) is 0.869. The van der Waals surface area contributed by atoms with Crippen LogP contribution in [0.25, 0.3) is 0 Å². The maximum absolute atomic E-state index is 5.62. The number of ether oxygens (including phenoxy) is 3. The van der Waals surface area contributed by atoms with Crippen LogP contribution in [0.1, 0.15) is 24.4 Å². The summed E-state index contributed by atoms with van der Waals surface area (Å²) in [6, 6.07) is 4.64. The summed E-state index contributed by atoms with van der Waals surface area (Å²) in [6.45, 7) is 6.35. The van der Waals surface area contributed by atoms with Crippen LogP contribution in [0.2, 0.25) is 0 Å². The zero-order valence-corrected chi connectivity index (χ0v) is 14.8. The standard InChI is InChI=1S/C17H23BrN2O3/c18-14-10-16-15(22-11-23-16)9-13(14)17(12-1-7-21-8-2-12)20-5-3-19-4-6-20/h9-10,12,17,19H,1-8,11H2/t17-/m1/s1. The molecule has 2 fully saturated rings. The lowest BCUT2D eigenvalue weighted by atomic mass is 9.85. The minimum absolute atomic E-state index is 0.320. The van der Waals surface area contributed by atoms with Gasteiger partial charge >= 0.3 is 0 Å². The molecule has 3 aliphatic rings. The van der Waals surface area contributed by atoms with Gasteiger partial charge in [0.25, 0.3) is 0 Å². The first kappa shape index (κ1) is 15.7. The fourth-order valence-corrected chi connectivity index (χ4v) is 4.46. The molecule has 4 rings (SSSR count). The summed E-state index contributed by atoms with van der Waals surface area (Å²) in [4.78, 5) is 2.62. The minimum Gasteiger partial charge on any atom is -0.454 e. The lowest BCUT2D eigenvalue weighted by Gasteiger charge is -2.41. The number of benzene rings is 1. The summed E-state index contributed by atoms with van der Waals surface area (Å²) in [6.07, 6.45) is 2.24. The highest BCUT2D eigenvalue weighted by Gasteiger charge is 2.33. The largest absolute Gasteiger partial charge is 0.454 e. The number of fused-ring (bicyclic) bond motifs is 1. The van der Waals surface area contributed by atoms with E-state index in [9.17, 15) is 0 Å². The molecule has 3 heterocycles. The molecule has 0 amide bonds. The Bertz CT molecular complexity index is 539. The Balaban J connectivity index is 1.68. The molecule has 0 radical (unpaired) electrons. The molecule has 6 heteroatoms. The first-order valence-corrected chi connectivity index (χ1v) is 9.24. The Morgan fingerprint density at radius 3 is 2.52 bits per heavy atom. The van der Waals surface area contributed by atoms with E-state index >= 15 is 0 Å². The van der Waals surface area contributed by atoms with Gasteiger partial charge < -0.3 is 19.5 Å². The number of rotatable bonds is 3. The highest BCUT2D eigenvalue weighted by molar-refractivity contribution is 9.10. The highest BCUT2D eigenvalue weighted by Crippen LogP contribution is 2.44. The van der Waals surface area contributed by atoms with Crippen LogP contribution >= 0.6 is 15.9 Å². The molecule has 3 aliphatic heterocycles. The number of hydrogen-bond acceptors (Lipinski definition) is 5. The fraction of sp³-hybridized carbons (Fsp3) is 0.647. The Hall–Kier alpha value is -0.820. The molecule has 0 spiro atoms. The summed E-state index contributed by atoms with van der Waals surface area (Å²) in [5.41, 5.74) is 1.32. The molecular weight excluding hydrogens is 360 g/mol. The van der Waals surface area contributed by atoms with E-state index in [-0.39, 0.29) is 0 Å². The molecule has 2 saturated heterocycles. The van der Waals surface area contributed by atoms with Crippen LogP contribution in [0.5, 0.6) is 11.5 Å². The van der Waals surface area contributed by atoms with Gasteiger partial charge in [-0.25, -0.2) is 0 Å². The van der Waals surface area contributed by atoms with Gasteiger partial charge in [0.2, 0.25) is 6.79 Å². The van der Waals surface area contributed by atoms with Crippen molar-refractivity contribution in [3.05, 3.63) is 22.2 Å². The van der Waals surface area contributed by atoms with Crippen molar-refractivity contribution < 1.29 is 14.2 Å². The smallest absolute Gasteiger partial charge is 0.231 e.